The molecular formula is C23H29NO6S2. The number of ether oxygens (including phenoxy) is 3. The second-order valence-electron chi connectivity index (χ2n) is 9.36. The normalized spacial score (nSPS) is 21.0. The van der Waals surface area contributed by atoms with E-state index in [0.717, 1.165) is 0 Å². The third-order valence-corrected chi connectivity index (χ3v) is 7.78. The molecule has 1 spiro atoms. The molecule has 2 saturated heterocycles. The first-order valence-electron chi connectivity index (χ1n) is 10.7. The van der Waals surface area contributed by atoms with Crippen molar-refractivity contribution in [3.8, 4) is 0 Å². The number of piperidine rings is 1. The summed E-state index contributed by atoms with van der Waals surface area (Å²) < 4.78 is 17.3. The van der Waals surface area contributed by atoms with Crippen LogP contribution in [0.1, 0.15) is 49.8 Å². The average molecular weight is 480 g/mol. The molecule has 2 aromatic heterocycles. The summed E-state index contributed by atoms with van der Waals surface area (Å²) in [7, 11) is 0. The summed E-state index contributed by atoms with van der Waals surface area (Å²) in [5, 5.41) is 15.1. The highest BCUT2D eigenvalue weighted by Gasteiger charge is 2.49. The van der Waals surface area contributed by atoms with E-state index in [1.54, 1.807) is 29.2 Å². The second kappa shape index (κ2) is 8.78. The van der Waals surface area contributed by atoms with Crippen LogP contribution in [0.5, 0.6) is 0 Å². The number of aliphatic hydroxyl groups is 1. The maximum Gasteiger partial charge on any atom is 0.410 e. The fraction of sp³-hybridized carbons (Fsp3) is 0.565. The van der Waals surface area contributed by atoms with Crippen molar-refractivity contribution in [2.45, 2.75) is 62.9 Å². The van der Waals surface area contributed by atoms with Gasteiger partial charge < -0.3 is 24.2 Å². The van der Waals surface area contributed by atoms with E-state index >= 15 is 0 Å². The highest BCUT2D eigenvalue weighted by Crippen LogP contribution is 2.40. The van der Waals surface area contributed by atoms with Crippen LogP contribution in [0.2, 0.25) is 0 Å². The number of carbonyl (C=O) groups excluding carboxylic acids is 2. The molecule has 1 atom stereocenters. The van der Waals surface area contributed by atoms with Gasteiger partial charge in [-0.15, -0.1) is 22.7 Å². The van der Waals surface area contributed by atoms with Gasteiger partial charge in [0.15, 0.2) is 0 Å². The van der Waals surface area contributed by atoms with Crippen molar-refractivity contribution in [2.24, 2.45) is 0 Å². The summed E-state index contributed by atoms with van der Waals surface area (Å²) in [6, 6.07) is 7.09. The summed E-state index contributed by atoms with van der Waals surface area (Å²) in [5.41, 5.74) is -2.77. The summed E-state index contributed by atoms with van der Waals surface area (Å²) in [6.07, 6.45) is 1.10. The number of rotatable bonds is 4. The monoisotopic (exact) mass is 479 g/mol. The Hall–Kier alpha value is -1.94. The zero-order valence-corrected chi connectivity index (χ0v) is 20.2. The topological polar surface area (TPSA) is 85.3 Å². The van der Waals surface area contributed by atoms with E-state index in [-0.39, 0.29) is 12.7 Å². The number of esters is 1. The maximum atomic E-state index is 13.2. The van der Waals surface area contributed by atoms with Gasteiger partial charge in [0.05, 0.1) is 22.0 Å². The Balaban J connectivity index is 1.38. The third-order valence-electron chi connectivity index (χ3n) is 5.83. The highest BCUT2D eigenvalue weighted by atomic mass is 32.1. The fourth-order valence-corrected chi connectivity index (χ4v) is 5.89. The molecule has 0 bridgehead atoms. The van der Waals surface area contributed by atoms with Crippen molar-refractivity contribution in [3.05, 3.63) is 44.8 Å². The SMILES string of the molecule is CC(C)(C)OC(=O)N1CCC2(CC1)C[C@@H](OC(=O)C(O)(c1cccs1)c1cccs1)CO2. The van der Waals surface area contributed by atoms with Crippen LogP contribution in [0.3, 0.4) is 0 Å². The molecule has 32 heavy (non-hydrogen) atoms. The Bertz CT molecular complexity index is 892. The first-order valence-corrected chi connectivity index (χ1v) is 12.5. The molecule has 2 aromatic rings. The van der Waals surface area contributed by atoms with E-state index in [1.807, 2.05) is 31.5 Å². The van der Waals surface area contributed by atoms with Crippen molar-refractivity contribution in [1.29, 1.82) is 0 Å². The molecule has 2 fully saturated rings. The van der Waals surface area contributed by atoms with Crippen LogP contribution in [0.4, 0.5) is 4.79 Å². The summed E-state index contributed by atoms with van der Waals surface area (Å²) in [4.78, 5) is 28.3. The van der Waals surface area contributed by atoms with Gasteiger partial charge in [0.25, 0.3) is 0 Å². The van der Waals surface area contributed by atoms with E-state index in [1.165, 1.54) is 22.7 Å². The molecule has 2 aliphatic heterocycles. The minimum absolute atomic E-state index is 0.281. The molecule has 9 heteroatoms. The standard InChI is InChI=1S/C23H29NO6S2/c1-21(2,3)30-20(26)24-10-8-22(9-11-24)14-16(15-28-22)29-19(25)23(27,17-6-4-12-31-17)18-7-5-13-32-18/h4-7,12-13,16,27H,8-11,14-15H2,1-3H3/t16-/m1/s1. The van der Waals surface area contributed by atoms with Crippen molar-refractivity contribution >= 4 is 34.7 Å². The van der Waals surface area contributed by atoms with Crippen LogP contribution in [-0.4, -0.2) is 59.1 Å². The minimum Gasteiger partial charge on any atom is -0.457 e. The van der Waals surface area contributed by atoms with Crippen molar-refractivity contribution < 1.29 is 28.9 Å². The molecule has 4 rings (SSSR count). The zero-order chi connectivity index (χ0) is 23.0. The highest BCUT2D eigenvalue weighted by molar-refractivity contribution is 7.12. The predicted molar refractivity (Wildman–Crippen MR) is 122 cm³/mol. The Labute approximate surface area is 195 Å². The van der Waals surface area contributed by atoms with E-state index in [0.29, 0.717) is 42.1 Å². The van der Waals surface area contributed by atoms with Gasteiger partial charge in [-0.1, -0.05) is 12.1 Å². The molecule has 0 radical (unpaired) electrons. The lowest BCUT2D eigenvalue weighted by Gasteiger charge is -2.38. The van der Waals surface area contributed by atoms with E-state index in [9.17, 15) is 14.7 Å². The number of amides is 1. The van der Waals surface area contributed by atoms with Gasteiger partial charge in [-0.05, 0) is 56.5 Å². The second-order valence-corrected chi connectivity index (χ2v) is 11.3. The lowest BCUT2D eigenvalue weighted by atomic mass is 9.88. The van der Waals surface area contributed by atoms with Crippen molar-refractivity contribution in [1.82, 2.24) is 4.90 Å². The first kappa shape index (κ1) is 23.2. The molecule has 1 N–H and O–H groups in total. The number of hydrogen-bond donors (Lipinski definition) is 1. The lowest BCUT2D eigenvalue weighted by molar-refractivity contribution is -0.167. The van der Waals surface area contributed by atoms with Gasteiger partial charge in [0, 0.05) is 19.5 Å². The van der Waals surface area contributed by atoms with Crippen molar-refractivity contribution in [2.75, 3.05) is 19.7 Å². The number of carbonyl (C=O) groups is 2. The number of hydrogen-bond acceptors (Lipinski definition) is 8. The summed E-state index contributed by atoms with van der Waals surface area (Å²) >= 11 is 2.64. The average Bonchev–Trinajstić information content (AvgIpc) is 3.50. The van der Waals surface area contributed by atoms with Crippen LogP contribution in [-0.2, 0) is 24.6 Å². The Morgan fingerprint density at radius 1 is 1.12 bits per heavy atom. The van der Waals surface area contributed by atoms with E-state index in [2.05, 4.69) is 0 Å². The molecule has 2 aliphatic rings. The first-order chi connectivity index (χ1) is 15.1. The molecule has 0 saturated carbocycles. The lowest BCUT2D eigenvalue weighted by Crippen LogP contribution is -2.48. The molecule has 174 valence electrons. The van der Waals surface area contributed by atoms with Gasteiger partial charge in [-0.25, -0.2) is 9.59 Å². The number of thiophene rings is 2. The Morgan fingerprint density at radius 3 is 2.22 bits per heavy atom. The number of likely N-dealkylation sites (tertiary alicyclic amines) is 1. The fourth-order valence-electron chi connectivity index (χ4n) is 4.18. The predicted octanol–water partition coefficient (Wildman–Crippen LogP) is 4.15. The largest absolute Gasteiger partial charge is 0.457 e. The van der Waals surface area contributed by atoms with Crippen molar-refractivity contribution in [3.63, 3.8) is 0 Å². The van der Waals surface area contributed by atoms with E-state index in [4.69, 9.17) is 14.2 Å². The maximum absolute atomic E-state index is 13.2. The zero-order valence-electron chi connectivity index (χ0n) is 18.5. The van der Waals surface area contributed by atoms with E-state index < -0.39 is 28.9 Å². The van der Waals surface area contributed by atoms with Gasteiger partial charge >= 0.3 is 12.1 Å². The van der Waals surface area contributed by atoms with Gasteiger partial charge in [0.1, 0.15) is 11.7 Å². The van der Waals surface area contributed by atoms with Gasteiger partial charge in [-0.3, -0.25) is 0 Å². The molecule has 0 unspecified atom stereocenters. The van der Waals surface area contributed by atoms with Gasteiger partial charge in [-0.2, -0.15) is 0 Å². The molecule has 7 nitrogen and oxygen atoms in total. The van der Waals surface area contributed by atoms with Gasteiger partial charge in [0.2, 0.25) is 5.60 Å². The van der Waals surface area contributed by atoms with Crippen LogP contribution >= 0.6 is 22.7 Å². The quantitative estimate of drug-likeness (QED) is 0.663. The summed E-state index contributed by atoms with van der Waals surface area (Å²) in [5.74, 6) is -0.681. The summed E-state index contributed by atoms with van der Waals surface area (Å²) in [6.45, 7) is 6.89. The number of nitrogens with zero attached hydrogens (tertiary/aromatic N) is 1. The minimum atomic E-state index is -1.82. The van der Waals surface area contributed by atoms with Crippen LogP contribution < -0.4 is 0 Å². The molecule has 0 aromatic carbocycles. The molecule has 0 aliphatic carbocycles. The molecule has 4 heterocycles. The van der Waals surface area contributed by atoms with Crippen LogP contribution in [0.15, 0.2) is 35.0 Å². The smallest absolute Gasteiger partial charge is 0.410 e. The van der Waals surface area contributed by atoms with Crippen LogP contribution in [0, 0.1) is 0 Å². The molecule has 1 amide bonds. The van der Waals surface area contributed by atoms with Crippen LogP contribution in [0.25, 0.3) is 0 Å². The Kier molecular flexibility index (Phi) is 6.37. The Morgan fingerprint density at radius 2 is 1.72 bits per heavy atom. The molecular weight excluding hydrogens is 450 g/mol. The third kappa shape index (κ3) is 4.71.